The molecule has 2 aliphatic carbocycles. The van der Waals surface area contributed by atoms with Gasteiger partial charge in [0.15, 0.2) is 6.29 Å². The molecule has 3 aliphatic heterocycles. The molecule has 3 heterocycles. The minimum Gasteiger partial charge on any atom is -0.492 e. The number of aliphatic hydroxyl groups excluding tert-OH is 2. The van der Waals surface area contributed by atoms with Crippen molar-refractivity contribution in [2.24, 2.45) is 10.9 Å². The predicted molar refractivity (Wildman–Crippen MR) is 186 cm³/mol. The second-order valence-electron chi connectivity index (χ2n) is 14.2. The number of allylic oxidation sites excluding steroid dienone is 3. The van der Waals surface area contributed by atoms with Crippen LogP contribution in [-0.2, 0) is 32.1 Å². The topological polar surface area (TPSA) is 161 Å². The number of rotatable bonds is 11. The number of ketones is 1. The van der Waals surface area contributed by atoms with E-state index in [4.69, 9.17) is 18.9 Å². The highest BCUT2D eigenvalue weighted by atomic mass is 16.6. The Morgan fingerprint density at radius 2 is 1.94 bits per heavy atom. The maximum absolute atomic E-state index is 13.6. The summed E-state index contributed by atoms with van der Waals surface area (Å²) in [6, 6.07) is 5.83. The fraction of sp³-hybridized carbons (Fsp3) is 0.500. The lowest BCUT2D eigenvalue weighted by atomic mass is 9.75. The van der Waals surface area contributed by atoms with E-state index < -0.39 is 30.2 Å². The van der Waals surface area contributed by atoms with Crippen LogP contribution in [0.5, 0.6) is 17.2 Å². The lowest BCUT2D eigenvalue weighted by Gasteiger charge is -2.35. The van der Waals surface area contributed by atoms with Crippen molar-refractivity contribution in [3.8, 4) is 17.2 Å². The molecule has 270 valence electrons. The van der Waals surface area contributed by atoms with Crippen molar-refractivity contribution in [2.45, 2.75) is 95.9 Å². The van der Waals surface area contributed by atoms with E-state index in [1.54, 1.807) is 13.8 Å². The summed E-state index contributed by atoms with van der Waals surface area (Å²) < 4.78 is 24.6. The molecule has 0 saturated heterocycles. The van der Waals surface area contributed by atoms with E-state index in [0.717, 1.165) is 47.4 Å². The van der Waals surface area contributed by atoms with Gasteiger partial charge in [0.2, 0.25) is 5.76 Å². The van der Waals surface area contributed by atoms with E-state index in [1.807, 2.05) is 24.3 Å². The van der Waals surface area contributed by atoms with E-state index >= 15 is 0 Å². The summed E-state index contributed by atoms with van der Waals surface area (Å²) in [4.78, 5) is 44.6. The van der Waals surface area contributed by atoms with Gasteiger partial charge in [-0.3, -0.25) is 14.6 Å². The van der Waals surface area contributed by atoms with Gasteiger partial charge in [-0.15, -0.1) is 0 Å². The van der Waals surface area contributed by atoms with Crippen molar-refractivity contribution >= 4 is 29.7 Å². The molecule has 0 unspecified atom stereocenters. The SMILES string of the molecule is CCOC(=O)C1=C(C=O)/C(=C2\CCC(=O)[C@@H](c3ccc4c(c3)=CCN=4)C2)c2c(OCCCO)c3c(c(CO)c2O1)O[C@H]([C@@](C)(O)C1CCCC1)C3. The maximum atomic E-state index is 13.6. The van der Waals surface area contributed by atoms with Crippen LogP contribution in [0, 0.1) is 5.92 Å². The van der Waals surface area contributed by atoms with Crippen LogP contribution in [0.3, 0.4) is 0 Å². The standard InChI is InChI=1S/C40H45NO10/c1-3-48-39(46)38-28(20-43)33(24-10-12-31(45)26(18-24)22-9-11-30-23(17-22)13-14-41-30)34-36(49-16-6-15-42)27-19-32(40(2,47)25-7-4-5-8-25)50-35(27)29(21-44)37(34)51-38/h9,11,13,17,20,25-26,32,42,44,47H,3-8,10,12,14-16,18-19,21H2,1-2H3/b33-24-/t26-,32+,40+/m1/s1. The van der Waals surface area contributed by atoms with Gasteiger partial charge in [0, 0.05) is 42.9 Å². The normalized spacial score (nSPS) is 23.7. The zero-order valence-electron chi connectivity index (χ0n) is 29.2. The lowest BCUT2D eigenvalue weighted by molar-refractivity contribution is -0.141. The molecule has 11 nitrogen and oxygen atoms in total. The Balaban J connectivity index is 1.44. The number of carbonyl (C=O) groups excluding carboxylic acids is 3. The molecule has 5 aliphatic rings. The van der Waals surface area contributed by atoms with Crippen molar-refractivity contribution in [1.29, 1.82) is 0 Å². The molecule has 51 heavy (non-hydrogen) atoms. The van der Waals surface area contributed by atoms with Crippen LogP contribution in [0.4, 0.5) is 0 Å². The highest BCUT2D eigenvalue weighted by molar-refractivity contribution is 6.11. The van der Waals surface area contributed by atoms with E-state index in [1.165, 1.54) is 0 Å². The fourth-order valence-corrected chi connectivity index (χ4v) is 8.48. The fourth-order valence-electron chi connectivity index (χ4n) is 8.48. The Hall–Kier alpha value is -4.32. The number of hydrogen-bond acceptors (Lipinski definition) is 11. The van der Waals surface area contributed by atoms with Gasteiger partial charge in [-0.1, -0.05) is 30.6 Å². The summed E-state index contributed by atoms with van der Waals surface area (Å²) in [6.45, 7) is 3.52. The Bertz CT molecular complexity index is 1950. The predicted octanol–water partition coefficient (Wildman–Crippen LogP) is 3.30. The molecule has 2 aromatic rings. The number of hydrogen-bond donors (Lipinski definition) is 3. The third-order valence-corrected chi connectivity index (χ3v) is 11.2. The highest BCUT2D eigenvalue weighted by Gasteiger charge is 2.49. The van der Waals surface area contributed by atoms with E-state index in [-0.39, 0.29) is 73.4 Å². The van der Waals surface area contributed by atoms with Gasteiger partial charge in [0.1, 0.15) is 34.7 Å². The van der Waals surface area contributed by atoms with Crippen LogP contribution in [0.1, 0.15) is 93.4 Å². The average Bonchev–Trinajstić information content (AvgIpc) is 3.93. The lowest BCUT2D eigenvalue weighted by Crippen LogP contribution is -2.47. The summed E-state index contributed by atoms with van der Waals surface area (Å²) >= 11 is 0. The number of aldehydes is 1. The minimum atomic E-state index is -1.19. The molecular formula is C40H45NO10. The zero-order chi connectivity index (χ0) is 35.9. The minimum absolute atomic E-state index is 0.0256. The molecule has 2 aromatic carbocycles. The first-order chi connectivity index (χ1) is 24.7. The number of fused-ring (bicyclic) bond motifs is 3. The number of Topliss-reactive ketones (excluding diaryl/α,β-unsaturated/α-hetero) is 1. The molecule has 3 atom stereocenters. The Kier molecular flexibility index (Phi) is 9.88. The number of carbonyl (C=O) groups is 3. The van der Waals surface area contributed by atoms with Crippen LogP contribution in [0.15, 0.2) is 40.1 Å². The van der Waals surface area contributed by atoms with Gasteiger partial charge < -0.3 is 34.3 Å². The first kappa shape index (κ1) is 35.1. The van der Waals surface area contributed by atoms with E-state index in [0.29, 0.717) is 53.9 Å². The van der Waals surface area contributed by atoms with Crippen LogP contribution in [-0.4, -0.2) is 71.4 Å². The molecule has 3 N–H and O–H groups in total. The third-order valence-electron chi connectivity index (χ3n) is 11.2. The summed E-state index contributed by atoms with van der Waals surface area (Å²) in [6.07, 6.45) is 7.10. The number of nitrogens with zero attached hydrogens (tertiary/aromatic N) is 1. The van der Waals surface area contributed by atoms with Gasteiger partial charge >= 0.3 is 5.97 Å². The van der Waals surface area contributed by atoms with Gasteiger partial charge in [0.05, 0.1) is 48.4 Å². The maximum Gasteiger partial charge on any atom is 0.375 e. The monoisotopic (exact) mass is 699 g/mol. The number of ether oxygens (including phenoxy) is 4. The summed E-state index contributed by atoms with van der Waals surface area (Å²) in [7, 11) is 0. The molecule has 2 saturated carbocycles. The van der Waals surface area contributed by atoms with Crippen molar-refractivity contribution in [3.05, 3.63) is 67.9 Å². The molecule has 0 amide bonds. The van der Waals surface area contributed by atoms with Crippen molar-refractivity contribution in [1.82, 2.24) is 0 Å². The molecule has 0 bridgehead atoms. The Labute approximate surface area is 296 Å². The second kappa shape index (κ2) is 14.4. The smallest absolute Gasteiger partial charge is 0.375 e. The van der Waals surface area contributed by atoms with Crippen LogP contribution < -0.4 is 24.8 Å². The van der Waals surface area contributed by atoms with Crippen molar-refractivity contribution in [3.63, 3.8) is 0 Å². The summed E-state index contributed by atoms with van der Waals surface area (Å²) in [5.74, 6) is -0.858. The number of esters is 1. The van der Waals surface area contributed by atoms with Crippen LogP contribution in [0.2, 0.25) is 0 Å². The molecule has 2 fully saturated rings. The van der Waals surface area contributed by atoms with Crippen LogP contribution in [0.25, 0.3) is 11.6 Å². The summed E-state index contributed by atoms with van der Waals surface area (Å²) in [5.41, 5.74) is 2.01. The molecule has 7 rings (SSSR count). The van der Waals surface area contributed by atoms with Crippen molar-refractivity contribution in [2.75, 3.05) is 26.4 Å². The zero-order valence-corrected chi connectivity index (χ0v) is 29.2. The molecule has 0 radical (unpaired) electrons. The van der Waals surface area contributed by atoms with Gasteiger partial charge in [-0.2, -0.15) is 0 Å². The number of benzene rings is 2. The third kappa shape index (κ3) is 6.19. The highest BCUT2D eigenvalue weighted by Crippen LogP contribution is 2.57. The molecule has 0 aromatic heterocycles. The van der Waals surface area contributed by atoms with Crippen molar-refractivity contribution < 1.29 is 48.7 Å². The quantitative estimate of drug-likeness (QED) is 0.180. The Morgan fingerprint density at radius 3 is 2.67 bits per heavy atom. The first-order valence-electron chi connectivity index (χ1n) is 18.1. The average molecular weight is 700 g/mol. The molecule has 0 spiro atoms. The van der Waals surface area contributed by atoms with Gasteiger partial charge in [0.25, 0.3) is 0 Å². The summed E-state index contributed by atoms with van der Waals surface area (Å²) in [5, 5.41) is 34.4. The molecular weight excluding hydrogens is 654 g/mol. The Morgan fingerprint density at radius 1 is 1.14 bits per heavy atom. The molecule has 11 heteroatoms. The van der Waals surface area contributed by atoms with Gasteiger partial charge in [-0.05, 0) is 68.4 Å². The van der Waals surface area contributed by atoms with E-state index in [2.05, 4.69) is 4.99 Å². The van der Waals surface area contributed by atoms with Crippen LogP contribution >= 0.6 is 0 Å². The van der Waals surface area contributed by atoms with E-state index in [9.17, 15) is 29.7 Å². The largest absolute Gasteiger partial charge is 0.492 e. The first-order valence-corrected chi connectivity index (χ1v) is 18.1. The van der Waals surface area contributed by atoms with Gasteiger partial charge in [-0.25, -0.2) is 4.79 Å². The second-order valence-corrected chi connectivity index (χ2v) is 14.2. The number of aliphatic hydroxyl groups is 3.